The number of rotatable bonds is 4. The molecule has 0 unspecified atom stereocenters. The van der Waals surface area contributed by atoms with Gasteiger partial charge < -0.3 is 10.5 Å². The van der Waals surface area contributed by atoms with Crippen LogP contribution in [0.25, 0.3) is 0 Å². The number of sulfonamides is 1. The first kappa shape index (κ1) is 18.6. The molecule has 1 aliphatic rings. The van der Waals surface area contributed by atoms with Crippen molar-refractivity contribution in [2.24, 2.45) is 5.73 Å². The summed E-state index contributed by atoms with van der Waals surface area (Å²) in [5, 5.41) is 0. The summed E-state index contributed by atoms with van der Waals surface area (Å²) in [5.41, 5.74) is 8.09. The molecule has 0 spiro atoms. The Morgan fingerprint density at radius 1 is 1.15 bits per heavy atom. The number of nitrogens with two attached hydrogens (primary N) is 1. The Hall–Kier alpha value is -2.22. The lowest BCUT2D eigenvalue weighted by atomic mass is 9.95. The molecule has 2 aromatic carbocycles. The van der Waals surface area contributed by atoms with E-state index in [-0.39, 0.29) is 23.4 Å². The second-order valence-electron chi connectivity index (χ2n) is 6.47. The first-order valence-electron chi connectivity index (χ1n) is 8.34. The van der Waals surface area contributed by atoms with Crippen LogP contribution in [0.3, 0.4) is 0 Å². The number of hydrogen-bond acceptors (Lipinski definition) is 5. The molecule has 7 heteroatoms. The molecule has 138 valence electrons. The van der Waals surface area contributed by atoms with Gasteiger partial charge in [-0.05, 0) is 36.2 Å². The SMILES string of the molecule is COC(=O)c1ccc(S(=O)(=O)N2C[C@@H](N)[C@H](c3ccccc3)C2)c(C)c1. The lowest BCUT2D eigenvalue weighted by Crippen LogP contribution is -2.32. The van der Waals surface area contributed by atoms with Crippen LogP contribution in [0, 0.1) is 6.92 Å². The second kappa shape index (κ2) is 7.19. The fraction of sp³-hybridized carbons (Fsp3) is 0.316. The molecule has 26 heavy (non-hydrogen) atoms. The number of carbonyl (C=O) groups is 1. The van der Waals surface area contributed by atoms with E-state index in [1.54, 1.807) is 6.92 Å². The summed E-state index contributed by atoms with van der Waals surface area (Å²) in [7, 11) is -2.40. The Morgan fingerprint density at radius 2 is 1.85 bits per heavy atom. The number of esters is 1. The third-order valence-corrected chi connectivity index (χ3v) is 6.77. The molecule has 0 bridgehead atoms. The highest BCUT2D eigenvalue weighted by Gasteiger charge is 2.38. The van der Waals surface area contributed by atoms with Crippen molar-refractivity contribution in [3.8, 4) is 0 Å². The largest absolute Gasteiger partial charge is 0.465 e. The van der Waals surface area contributed by atoms with Crippen molar-refractivity contribution in [2.45, 2.75) is 23.8 Å². The number of benzene rings is 2. The highest BCUT2D eigenvalue weighted by Crippen LogP contribution is 2.31. The van der Waals surface area contributed by atoms with Crippen molar-refractivity contribution in [3.63, 3.8) is 0 Å². The van der Waals surface area contributed by atoms with Gasteiger partial charge in [0.2, 0.25) is 10.0 Å². The molecule has 2 atom stereocenters. The fourth-order valence-corrected chi connectivity index (χ4v) is 5.07. The molecule has 1 aliphatic heterocycles. The standard InChI is InChI=1S/C19H22N2O4S/c1-13-10-15(19(22)25-2)8-9-18(13)26(23,24)21-11-16(17(20)12-21)14-6-4-3-5-7-14/h3-10,16-17H,11-12,20H2,1-2H3/t16-,17+/m0/s1. The van der Waals surface area contributed by atoms with Crippen LogP contribution in [0.1, 0.15) is 27.4 Å². The molecule has 6 nitrogen and oxygen atoms in total. The zero-order valence-corrected chi connectivity index (χ0v) is 15.6. The number of aryl methyl sites for hydroxylation is 1. The number of ether oxygens (including phenoxy) is 1. The smallest absolute Gasteiger partial charge is 0.337 e. The molecule has 2 N–H and O–H groups in total. The van der Waals surface area contributed by atoms with E-state index in [0.717, 1.165) is 5.56 Å². The van der Waals surface area contributed by atoms with Crippen LogP contribution in [-0.2, 0) is 14.8 Å². The lowest BCUT2D eigenvalue weighted by Gasteiger charge is -2.18. The van der Waals surface area contributed by atoms with Gasteiger partial charge in [-0.2, -0.15) is 4.31 Å². The van der Waals surface area contributed by atoms with Gasteiger partial charge in [0.15, 0.2) is 0 Å². The zero-order valence-electron chi connectivity index (χ0n) is 14.8. The molecule has 0 aromatic heterocycles. The van der Waals surface area contributed by atoms with Gasteiger partial charge in [-0.25, -0.2) is 13.2 Å². The Morgan fingerprint density at radius 3 is 2.46 bits per heavy atom. The van der Waals surface area contributed by atoms with E-state index in [4.69, 9.17) is 5.73 Å². The van der Waals surface area contributed by atoms with E-state index in [0.29, 0.717) is 17.7 Å². The lowest BCUT2D eigenvalue weighted by molar-refractivity contribution is 0.0600. The number of methoxy groups -OCH3 is 1. The quantitative estimate of drug-likeness (QED) is 0.826. The average molecular weight is 374 g/mol. The maximum Gasteiger partial charge on any atom is 0.337 e. The van der Waals surface area contributed by atoms with Crippen molar-refractivity contribution in [2.75, 3.05) is 20.2 Å². The van der Waals surface area contributed by atoms with E-state index < -0.39 is 16.0 Å². The predicted octanol–water partition coefficient (Wildman–Crippen LogP) is 1.90. The molecular formula is C19H22N2O4S. The Bertz CT molecular complexity index is 912. The second-order valence-corrected chi connectivity index (χ2v) is 8.38. The molecule has 2 aromatic rings. The summed E-state index contributed by atoms with van der Waals surface area (Å²) < 4.78 is 32.3. The van der Waals surface area contributed by atoms with Crippen LogP contribution < -0.4 is 5.73 Å². The molecule has 1 saturated heterocycles. The Kier molecular flexibility index (Phi) is 5.13. The zero-order chi connectivity index (χ0) is 18.9. The summed E-state index contributed by atoms with van der Waals surface area (Å²) in [5.74, 6) is -0.537. The van der Waals surface area contributed by atoms with Crippen LogP contribution in [0.4, 0.5) is 0 Å². The highest BCUT2D eigenvalue weighted by atomic mass is 32.2. The minimum atomic E-state index is -3.69. The molecule has 0 radical (unpaired) electrons. The van der Waals surface area contributed by atoms with Gasteiger partial charge in [0.05, 0.1) is 17.6 Å². The topological polar surface area (TPSA) is 89.7 Å². The van der Waals surface area contributed by atoms with Crippen molar-refractivity contribution in [3.05, 3.63) is 65.2 Å². The molecule has 0 amide bonds. The molecule has 1 heterocycles. The first-order chi connectivity index (χ1) is 12.3. The number of hydrogen-bond donors (Lipinski definition) is 1. The third kappa shape index (κ3) is 3.38. The summed E-state index contributed by atoms with van der Waals surface area (Å²) in [6, 6.07) is 13.9. The minimum Gasteiger partial charge on any atom is -0.465 e. The third-order valence-electron chi connectivity index (χ3n) is 4.77. The summed E-state index contributed by atoms with van der Waals surface area (Å²) in [6.07, 6.45) is 0. The van der Waals surface area contributed by atoms with E-state index in [9.17, 15) is 13.2 Å². The molecular weight excluding hydrogens is 352 g/mol. The molecule has 3 rings (SSSR count). The van der Waals surface area contributed by atoms with Crippen LogP contribution >= 0.6 is 0 Å². The monoisotopic (exact) mass is 374 g/mol. The van der Waals surface area contributed by atoms with E-state index in [2.05, 4.69) is 4.74 Å². The van der Waals surface area contributed by atoms with Crippen molar-refractivity contribution in [1.82, 2.24) is 4.31 Å². The van der Waals surface area contributed by atoms with E-state index >= 15 is 0 Å². The van der Waals surface area contributed by atoms with Crippen LogP contribution in [0.5, 0.6) is 0 Å². The van der Waals surface area contributed by atoms with Gasteiger partial charge in [0.1, 0.15) is 0 Å². The molecule has 1 fully saturated rings. The maximum absolute atomic E-state index is 13.1. The van der Waals surface area contributed by atoms with Crippen molar-refractivity contribution in [1.29, 1.82) is 0 Å². The Labute approximate surface area is 153 Å². The predicted molar refractivity (Wildman–Crippen MR) is 98.4 cm³/mol. The first-order valence-corrected chi connectivity index (χ1v) is 9.78. The average Bonchev–Trinajstić information content (AvgIpc) is 3.04. The summed E-state index contributed by atoms with van der Waals surface area (Å²) >= 11 is 0. The maximum atomic E-state index is 13.1. The van der Waals surface area contributed by atoms with Gasteiger partial charge in [0, 0.05) is 25.0 Å². The fourth-order valence-electron chi connectivity index (χ4n) is 3.36. The van der Waals surface area contributed by atoms with Crippen LogP contribution in [0.15, 0.2) is 53.4 Å². The Balaban J connectivity index is 1.88. The minimum absolute atomic E-state index is 0.0411. The van der Waals surface area contributed by atoms with Crippen LogP contribution in [-0.4, -0.2) is 44.9 Å². The van der Waals surface area contributed by atoms with Gasteiger partial charge in [-0.15, -0.1) is 0 Å². The number of nitrogens with zero attached hydrogens (tertiary/aromatic N) is 1. The van der Waals surface area contributed by atoms with Gasteiger partial charge in [0.25, 0.3) is 0 Å². The van der Waals surface area contributed by atoms with Crippen molar-refractivity contribution >= 4 is 16.0 Å². The van der Waals surface area contributed by atoms with Gasteiger partial charge >= 0.3 is 5.97 Å². The number of carbonyl (C=O) groups excluding carboxylic acids is 1. The summed E-state index contributed by atoms with van der Waals surface area (Å²) in [6.45, 7) is 2.27. The van der Waals surface area contributed by atoms with Gasteiger partial charge in [-0.3, -0.25) is 0 Å². The molecule has 0 aliphatic carbocycles. The van der Waals surface area contributed by atoms with E-state index in [1.807, 2.05) is 30.3 Å². The van der Waals surface area contributed by atoms with E-state index in [1.165, 1.54) is 29.6 Å². The van der Waals surface area contributed by atoms with Crippen LogP contribution in [0.2, 0.25) is 0 Å². The highest BCUT2D eigenvalue weighted by molar-refractivity contribution is 7.89. The molecule has 0 saturated carbocycles. The summed E-state index contributed by atoms with van der Waals surface area (Å²) in [4.78, 5) is 11.8. The van der Waals surface area contributed by atoms with Gasteiger partial charge in [-0.1, -0.05) is 30.3 Å². The normalized spacial score (nSPS) is 20.9. The van der Waals surface area contributed by atoms with Crippen molar-refractivity contribution < 1.29 is 17.9 Å².